The molecule has 0 saturated heterocycles. The van der Waals surface area contributed by atoms with Crippen LogP contribution in [0.25, 0.3) is 0 Å². The Morgan fingerprint density at radius 3 is 1.20 bits per heavy atom. The van der Waals surface area contributed by atoms with Gasteiger partial charge in [0.15, 0.2) is 0 Å². The summed E-state index contributed by atoms with van der Waals surface area (Å²) in [6.07, 6.45) is 20.9. The third-order valence-corrected chi connectivity index (χ3v) is 18.4. The predicted octanol–water partition coefficient (Wildman–Crippen LogP) is 12.4. The maximum absolute atomic E-state index is 10.8. The zero-order valence-electron chi connectivity index (χ0n) is 59.4. The van der Waals surface area contributed by atoms with E-state index in [4.69, 9.17) is 15.3 Å². The molecular formula is C72H107AgBrI2N3NaO18. The average Bonchev–Trinajstić information content (AvgIpc) is 0.785. The van der Waals surface area contributed by atoms with Gasteiger partial charge in [0.2, 0.25) is 0 Å². The molecule has 26 heteroatoms. The molecule has 0 saturated carbocycles. The van der Waals surface area contributed by atoms with Gasteiger partial charge in [-0.15, -0.1) is 30.3 Å². The molecule has 98 heavy (non-hydrogen) atoms. The average molecular weight is 1770 g/mol. The quantitative estimate of drug-likeness (QED) is 0.00504. The van der Waals surface area contributed by atoms with Gasteiger partial charge < -0.3 is 84.8 Å². The third kappa shape index (κ3) is 39.1. The van der Waals surface area contributed by atoms with Gasteiger partial charge in [0.1, 0.15) is 46.0 Å². The largest absolute Gasteiger partial charge is 1.00 e. The first-order valence-electron chi connectivity index (χ1n) is 32.1. The Hall–Kier alpha value is -4.52. The molecule has 4 atom stereocenters. The minimum Gasteiger partial charge on any atom is -1.00 e. The van der Waals surface area contributed by atoms with Gasteiger partial charge in [-0.3, -0.25) is 0 Å². The molecule has 0 aliphatic heterocycles. The standard InChI is InChI=1S/C23H33NO5.C13H19BrO2.C13H19IO2.C13H19NO5.C10H16O.Ag.HI.HNO3.Na/c1-15(2)18-9-8-16(3)12-19(18)22-20(25)13-17(14-21(22)26)23(4,5)10-6-7-11-29-24(27)28;2*1-13(2,5-3-4-6-14)10-7-11(15)9-12(16)8-10;1-13(2,5-3-4-6-19-14(17)18)10-7-11(15)9-12(16)8-10;1-8(2)9-4-6-10(3,11)7-5-9;;;2-1(3)4;/h12-14,18-19,25-26H,1,6-11H2,2-5H3;2*7-9,15-16H,3-6H2,1-2H3;7-9,15-16H,3-6H2,1-2H3;4,6,9,11H,1,5,7H2,2-3H3;;1H;(H,2,3,4);/q;;;;;;;;+1/p-1/t18-,19+;;;;9-,10?;;;;/m0...0..../s1. The van der Waals surface area contributed by atoms with Crippen molar-refractivity contribution in [1.82, 2.24) is 0 Å². The number of nitrogens with zero attached hydrogens (tertiary/aromatic N) is 3. The summed E-state index contributed by atoms with van der Waals surface area (Å²) in [5.41, 5.74) is 6.61. The van der Waals surface area contributed by atoms with E-state index in [2.05, 4.69) is 108 Å². The number of phenolic OH excluding ortho intramolecular Hbond substituents is 8. The van der Waals surface area contributed by atoms with Crippen LogP contribution in [-0.2, 0) is 53.7 Å². The van der Waals surface area contributed by atoms with Gasteiger partial charge in [0.05, 0.1) is 18.8 Å². The zero-order valence-corrected chi connectivity index (χ0v) is 68.8. The molecule has 1 radical (unpaired) electrons. The molecule has 1 unspecified atom stereocenters. The van der Waals surface area contributed by atoms with Crippen LogP contribution >= 0.6 is 38.5 Å². The van der Waals surface area contributed by atoms with E-state index < -0.39 is 20.9 Å². The monoisotopic (exact) mass is 1760 g/mol. The minimum atomic E-state index is -1.50. The number of aliphatic hydroxyl groups is 1. The second kappa shape index (κ2) is 47.6. The Morgan fingerprint density at radius 1 is 0.592 bits per heavy atom. The van der Waals surface area contributed by atoms with Crippen molar-refractivity contribution in [1.29, 1.82) is 0 Å². The van der Waals surface area contributed by atoms with Crippen LogP contribution in [-0.4, -0.2) is 95.0 Å². The summed E-state index contributed by atoms with van der Waals surface area (Å²) >= 11 is 5.80. The van der Waals surface area contributed by atoms with Crippen LogP contribution < -0.4 is 53.5 Å². The van der Waals surface area contributed by atoms with Crippen molar-refractivity contribution in [3.8, 4) is 46.0 Å². The van der Waals surface area contributed by atoms with Gasteiger partial charge in [-0.1, -0.05) is 168 Å². The van der Waals surface area contributed by atoms with Crippen LogP contribution in [0.5, 0.6) is 46.0 Å². The summed E-state index contributed by atoms with van der Waals surface area (Å²) in [5.74, 6) is 1.38. The van der Waals surface area contributed by atoms with E-state index in [0.717, 1.165) is 110 Å². The first kappa shape index (κ1) is 97.7. The van der Waals surface area contributed by atoms with E-state index in [-0.39, 0.29) is 169 Å². The number of halogens is 3. The van der Waals surface area contributed by atoms with E-state index >= 15 is 0 Å². The van der Waals surface area contributed by atoms with Gasteiger partial charge in [-0.25, -0.2) is 0 Å². The smallest absolute Gasteiger partial charge is 1.00 e. The van der Waals surface area contributed by atoms with E-state index in [1.807, 2.05) is 54.5 Å². The SMILES string of the molecule is C=C(C)[C@@H]1CCC(C)=C[C@H]1c1c(O)cc(C(C)(C)CCCCO[N+](=O)[O-])cc1O.C=C(C)[C@H]1C=CC(C)(O)CC1.CC(C)(CCCCBr)c1cc(O)cc(O)c1.CC(C)(CCCCI)c1cc(O)cc(O)c1.CC(C)(CCCCO[N+](=O)[O-])c1cc(O)cc(O)c1.O=[N+]([O-])O.[Ag].[I-].[Na+]. The van der Waals surface area contributed by atoms with Crippen LogP contribution in [0, 0.1) is 42.2 Å². The molecule has 21 nitrogen and oxygen atoms in total. The van der Waals surface area contributed by atoms with Crippen molar-refractivity contribution in [2.45, 2.75) is 219 Å². The molecule has 0 bridgehead atoms. The molecule has 0 amide bonds. The van der Waals surface area contributed by atoms with Crippen molar-refractivity contribution < 1.29 is 152 Å². The Morgan fingerprint density at radius 2 is 0.918 bits per heavy atom. The number of aromatic hydroxyl groups is 8. The molecule has 2 aliphatic carbocycles. The van der Waals surface area contributed by atoms with Crippen LogP contribution in [0.4, 0.5) is 0 Å². The molecule has 551 valence electrons. The van der Waals surface area contributed by atoms with Crippen molar-refractivity contribution in [3.63, 3.8) is 0 Å². The Kier molecular flexibility index (Phi) is 47.5. The van der Waals surface area contributed by atoms with E-state index in [1.54, 1.807) is 48.5 Å². The normalized spacial score (nSPS) is 16.2. The number of rotatable bonds is 27. The molecule has 0 heterocycles. The van der Waals surface area contributed by atoms with Gasteiger partial charge in [0.25, 0.3) is 15.3 Å². The first-order valence-corrected chi connectivity index (χ1v) is 34.7. The van der Waals surface area contributed by atoms with Crippen LogP contribution in [0.1, 0.15) is 220 Å². The fraction of sp³-hybridized carbons (Fsp3) is 0.556. The van der Waals surface area contributed by atoms with Gasteiger partial charge in [0, 0.05) is 57.4 Å². The summed E-state index contributed by atoms with van der Waals surface area (Å²) in [7, 11) is 0. The fourth-order valence-electron chi connectivity index (χ4n) is 11.1. The second-order valence-electron chi connectivity index (χ2n) is 27.5. The summed E-state index contributed by atoms with van der Waals surface area (Å²) in [5, 5.41) is 121. The summed E-state index contributed by atoms with van der Waals surface area (Å²) in [6, 6.07) is 17.7. The number of phenols is 8. The predicted molar refractivity (Wildman–Crippen MR) is 385 cm³/mol. The van der Waals surface area contributed by atoms with Crippen molar-refractivity contribution in [3.05, 3.63) is 173 Å². The number of hydrogen-bond acceptors (Lipinski definition) is 17. The Balaban J connectivity index is -0.00000116. The number of unbranched alkanes of at least 4 members (excludes halogenated alkanes) is 4. The van der Waals surface area contributed by atoms with Crippen LogP contribution in [0.2, 0.25) is 0 Å². The number of hydrogen-bond donors (Lipinski definition) is 10. The number of benzene rings is 4. The molecule has 4 aromatic carbocycles. The van der Waals surface area contributed by atoms with Crippen molar-refractivity contribution >= 4 is 38.5 Å². The van der Waals surface area contributed by atoms with Crippen molar-refractivity contribution in [2.24, 2.45) is 11.8 Å². The van der Waals surface area contributed by atoms with Crippen LogP contribution in [0.15, 0.2) is 115 Å². The third-order valence-electron chi connectivity index (χ3n) is 17.1. The first-order chi connectivity index (χ1) is 44.0. The molecule has 0 fully saturated rings. The summed E-state index contributed by atoms with van der Waals surface area (Å²) < 4.78 is 1.18. The molecule has 10 N–H and O–H groups in total. The van der Waals surface area contributed by atoms with E-state index in [9.17, 15) is 66.2 Å². The number of allylic oxidation sites excluding steroid dienone is 5. The fourth-order valence-corrected chi connectivity index (χ4v) is 12.0. The number of alkyl halides is 2. The van der Waals surface area contributed by atoms with Gasteiger partial charge in [-0.2, -0.15) is 0 Å². The van der Waals surface area contributed by atoms with Gasteiger partial charge in [-0.05, 0) is 213 Å². The molecule has 2 aliphatic rings. The Labute approximate surface area is 657 Å². The second-order valence-corrected chi connectivity index (χ2v) is 29.3. The molecule has 0 spiro atoms. The van der Waals surface area contributed by atoms with E-state index in [0.29, 0.717) is 24.3 Å². The topological polar surface area (TPSA) is 350 Å². The van der Waals surface area contributed by atoms with Crippen molar-refractivity contribution in [2.75, 3.05) is 23.0 Å². The molecule has 0 aromatic heterocycles. The minimum absolute atomic E-state index is 0. The zero-order chi connectivity index (χ0) is 72.7. The maximum Gasteiger partial charge on any atom is 1.00 e. The molecule has 4 aromatic rings. The van der Waals surface area contributed by atoms with E-state index in [1.165, 1.54) is 46.6 Å². The Bertz CT molecular complexity index is 3010. The summed E-state index contributed by atoms with van der Waals surface area (Å²) in [6.45, 7) is 32.8. The van der Waals surface area contributed by atoms with Crippen LogP contribution in [0.3, 0.4) is 0 Å². The summed E-state index contributed by atoms with van der Waals surface area (Å²) in [4.78, 5) is 37.2. The maximum atomic E-state index is 10.8. The molecular weight excluding hydrogens is 1660 g/mol. The molecule has 6 rings (SSSR count). The van der Waals surface area contributed by atoms with Gasteiger partial charge >= 0.3 is 29.6 Å².